The van der Waals surface area contributed by atoms with Crippen LogP contribution in [0.2, 0.25) is 0 Å². The van der Waals surface area contributed by atoms with E-state index in [4.69, 9.17) is 10.5 Å². The molecule has 0 aliphatic heterocycles. The summed E-state index contributed by atoms with van der Waals surface area (Å²) in [6.07, 6.45) is 1.35. The molecule has 2 atom stereocenters. The van der Waals surface area contributed by atoms with Crippen molar-refractivity contribution in [3.8, 4) is 5.75 Å². The van der Waals surface area contributed by atoms with Gasteiger partial charge in [0.1, 0.15) is 18.5 Å². The Kier molecular flexibility index (Phi) is 5.78. The Morgan fingerprint density at radius 2 is 1.71 bits per heavy atom. The second-order valence-corrected chi connectivity index (χ2v) is 5.40. The van der Waals surface area contributed by atoms with Gasteiger partial charge in [-0.3, -0.25) is 0 Å². The van der Waals surface area contributed by atoms with Crippen LogP contribution in [0.1, 0.15) is 30.6 Å². The van der Waals surface area contributed by atoms with Gasteiger partial charge in [0, 0.05) is 6.04 Å². The van der Waals surface area contributed by atoms with Crippen molar-refractivity contribution in [1.82, 2.24) is 0 Å². The Bertz CT molecular complexity index is 523. The van der Waals surface area contributed by atoms with Crippen LogP contribution in [0, 0.1) is 0 Å². The van der Waals surface area contributed by atoms with Gasteiger partial charge in [-0.25, -0.2) is 0 Å². The number of aryl methyl sites for hydroxylation is 1. The van der Waals surface area contributed by atoms with Crippen LogP contribution in [0.3, 0.4) is 0 Å². The summed E-state index contributed by atoms with van der Waals surface area (Å²) in [5.41, 5.74) is 7.87. The molecule has 21 heavy (non-hydrogen) atoms. The van der Waals surface area contributed by atoms with E-state index in [9.17, 15) is 5.11 Å². The van der Waals surface area contributed by atoms with Crippen LogP contribution in [0.4, 0.5) is 0 Å². The molecule has 0 saturated heterocycles. The molecule has 2 unspecified atom stereocenters. The average molecular weight is 285 g/mol. The van der Waals surface area contributed by atoms with Crippen molar-refractivity contribution < 1.29 is 9.84 Å². The second kappa shape index (κ2) is 7.81. The largest absolute Gasteiger partial charge is 0.491 e. The number of rotatable bonds is 7. The average Bonchev–Trinajstić information content (AvgIpc) is 2.52. The van der Waals surface area contributed by atoms with Gasteiger partial charge in [-0.1, -0.05) is 42.5 Å². The number of hydrogen-bond donors (Lipinski definition) is 2. The molecule has 0 spiro atoms. The maximum absolute atomic E-state index is 10.0. The zero-order chi connectivity index (χ0) is 15.1. The minimum absolute atomic E-state index is 0.224. The number of nitrogens with two attached hydrogens (primary N) is 1. The molecule has 0 aliphatic rings. The van der Waals surface area contributed by atoms with Crippen molar-refractivity contribution >= 4 is 0 Å². The topological polar surface area (TPSA) is 55.5 Å². The van der Waals surface area contributed by atoms with Gasteiger partial charge in [0.05, 0.1) is 0 Å². The lowest BCUT2D eigenvalue weighted by Gasteiger charge is -2.13. The molecular weight excluding hydrogens is 262 g/mol. The molecule has 0 fully saturated rings. The summed E-state index contributed by atoms with van der Waals surface area (Å²) in [6, 6.07) is 17.7. The number of ether oxygens (including phenoxy) is 1. The number of benzene rings is 2. The number of aliphatic hydroxyl groups is 1. The van der Waals surface area contributed by atoms with Crippen molar-refractivity contribution in [1.29, 1.82) is 0 Å². The molecule has 2 aromatic carbocycles. The van der Waals surface area contributed by atoms with E-state index in [1.165, 1.54) is 5.56 Å². The van der Waals surface area contributed by atoms with Crippen LogP contribution in [0.15, 0.2) is 54.6 Å². The Morgan fingerprint density at radius 3 is 2.33 bits per heavy atom. The van der Waals surface area contributed by atoms with Gasteiger partial charge in [-0.2, -0.15) is 0 Å². The number of aliphatic hydroxyl groups excluding tert-OH is 1. The first kappa shape index (κ1) is 15.5. The molecule has 3 N–H and O–H groups in total. The molecule has 112 valence electrons. The van der Waals surface area contributed by atoms with Crippen molar-refractivity contribution in [3.63, 3.8) is 0 Å². The molecule has 2 rings (SSSR count). The molecular formula is C18H23NO2. The van der Waals surface area contributed by atoms with Crippen LogP contribution in [-0.4, -0.2) is 17.8 Å². The van der Waals surface area contributed by atoms with Crippen molar-refractivity contribution in [2.24, 2.45) is 5.73 Å². The van der Waals surface area contributed by atoms with Gasteiger partial charge >= 0.3 is 0 Å². The standard InChI is InChI=1S/C18H23NO2/c1-14(19)7-8-15-9-11-17(12-10-15)21-13-18(20)16-5-3-2-4-6-16/h2-6,9-12,14,18,20H,7-8,13,19H2,1H3. The minimum atomic E-state index is -0.607. The molecule has 0 aliphatic carbocycles. The van der Waals surface area contributed by atoms with Gasteiger partial charge in [0.15, 0.2) is 0 Å². The number of hydrogen-bond acceptors (Lipinski definition) is 3. The zero-order valence-corrected chi connectivity index (χ0v) is 12.4. The quantitative estimate of drug-likeness (QED) is 0.822. The smallest absolute Gasteiger partial charge is 0.119 e. The SMILES string of the molecule is CC(N)CCc1ccc(OCC(O)c2ccccc2)cc1. The van der Waals surface area contributed by atoms with Crippen LogP contribution in [0.25, 0.3) is 0 Å². The van der Waals surface area contributed by atoms with E-state index in [0.717, 1.165) is 24.2 Å². The molecule has 0 radical (unpaired) electrons. The summed E-state index contributed by atoms with van der Waals surface area (Å²) in [4.78, 5) is 0. The summed E-state index contributed by atoms with van der Waals surface area (Å²) in [5, 5.41) is 10.0. The van der Waals surface area contributed by atoms with Crippen molar-refractivity contribution in [2.45, 2.75) is 31.9 Å². The lowest BCUT2D eigenvalue weighted by Crippen LogP contribution is -2.15. The third-order valence-corrected chi connectivity index (χ3v) is 3.40. The molecule has 0 bridgehead atoms. The first-order valence-corrected chi connectivity index (χ1v) is 7.35. The third kappa shape index (κ3) is 5.21. The predicted octanol–water partition coefficient (Wildman–Crippen LogP) is 3.08. The molecule has 0 aromatic heterocycles. The van der Waals surface area contributed by atoms with Crippen LogP contribution in [0.5, 0.6) is 5.75 Å². The monoisotopic (exact) mass is 285 g/mol. The van der Waals surface area contributed by atoms with Crippen LogP contribution < -0.4 is 10.5 Å². The van der Waals surface area contributed by atoms with E-state index in [1.54, 1.807) is 0 Å². The van der Waals surface area contributed by atoms with E-state index < -0.39 is 6.10 Å². The summed E-state index contributed by atoms with van der Waals surface area (Å²) in [7, 11) is 0. The Hall–Kier alpha value is -1.84. The van der Waals surface area contributed by atoms with E-state index in [0.29, 0.717) is 0 Å². The summed E-state index contributed by atoms with van der Waals surface area (Å²) in [6.45, 7) is 2.27. The van der Waals surface area contributed by atoms with Gasteiger partial charge in [0.25, 0.3) is 0 Å². The maximum Gasteiger partial charge on any atom is 0.119 e. The van der Waals surface area contributed by atoms with E-state index in [2.05, 4.69) is 0 Å². The molecule has 2 aromatic rings. The Labute approximate surface area is 126 Å². The van der Waals surface area contributed by atoms with E-state index in [1.807, 2.05) is 61.5 Å². The van der Waals surface area contributed by atoms with Crippen molar-refractivity contribution in [2.75, 3.05) is 6.61 Å². The summed E-state index contributed by atoms with van der Waals surface area (Å²) >= 11 is 0. The molecule has 0 heterocycles. The molecule has 0 amide bonds. The maximum atomic E-state index is 10.0. The van der Waals surface area contributed by atoms with Gasteiger partial charge in [-0.15, -0.1) is 0 Å². The molecule has 0 saturated carbocycles. The fourth-order valence-corrected chi connectivity index (χ4v) is 2.09. The van der Waals surface area contributed by atoms with E-state index >= 15 is 0 Å². The van der Waals surface area contributed by atoms with Crippen molar-refractivity contribution in [3.05, 3.63) is 65.7 Å². The predicted molar refractivity (Wildman–Crippen MR) is 85.3 cm³/mol. The molecule has 3 heteroatoms. The highest BCUT2D eigenvalue weighted by molar-refractivity contribution is 5.27. The highest BCUT2D eigenvalue weighted by Gasteiger charge is 2.07. The zero-order valence-electron chi connectivity index (χ0n) is 12.4. The lowest BCUT2D eigenvalue weighted by atomic mass is 10.1. The third-order valence-electron chi connectivity index (χ3n) is 3.40. The first-order valence-electron chi connectivity index (χ1n) is 7.35. The minimum Gasteiger partial charge on any atom is -0.491 e. The normalized spacial score (nSPS) is 13.7. The van der Waals surface area contributed by atoms with Crippen LogP contribution >= 0.6 is 0 Å². The van der Waals surface area contributed by atoms with Crippen LogP contribution in [-0.2, 0) is 6.42 Å². The fraction of sp³-hybridized carbons (Fsp3) is 0.333. The Balaban J connectivity index is 1.83. The van der Waals surface area contributed by atoms with Gasteiger partial charge in [0.2, 0.25) is 0 Å². The molecule has 3 nitrogen and oxygen atoms in total. The Morgan fingerprint density at radius 1 is 1.05 bits per heavy atom. The fourth-order valence-electron chi connectivity index (χ4n) is 2.09. The highest BCUT2D eigenvalue weighted by Crippen LogP contribution is 2.17. The summed E-state index contributed by atoms with van der Waals surface area (Å²) < 4.78 is 5.63. The highest BCUT2D eigenvalue weighted by atomic mass is 16.5. The first-order chi connectivity index (χ1) is 10.1. The summed E-state index contributed by atoms with van der Waals surface area (Å²) in [5.74, 6) is 0.773. The van der Waals surface area contributed by atoms with E-state index in [-0.39, 0.29) is 12.6 Å². The lowest BCUT2D eigenvalue weighted by molar-refractivity contribution is 0.108. The van der Waals surface area contributed by atoms with Gasteiger partial charge < -0.3 is 15.6 Å². The van der Waals surface area contributed by atoms with Gasteiger partial charge in [-0.05, 0) is 43.0 Å². The second-order valence-electron chi connectivity index (χ2n) is 5.40.